The van der Waals surface area contributed by atoms with Gasteiger partial charge in [0, 0.05) is 24.2 Å². The van der Waals surface area contributed by atoms with Crippen LogP contribution in [-0.2, 0) is 18.4 Å². The molecule has 1 aromatic carbocycles. The maximum Gasteiger partial charge on any atom is 0.276 e. The molecule has 146 valence electrons. The summed E-state index contributed by atoms with van der Waals surface area (Å²) in [5, 5.41) is 7.54. The molecule has 2 aromatic heterocycles. The molecule has 0 spiro atoms. The smallest absolute Gasteiger partial charge is 0.276 e. The van der Waals surface area contributed by atoms with E-state index in [4.69, 9.17) is 0 Å². The third kappa shape index (κ3) is 3.52. The Kier molecular flexibility index (Phi) is 4.67. The third-order valence-corrected chi connectivity index (χ3v) is 5.36. The molecule has 0 radical (unpaired) electrons. The molecule has 0 atom stereocenters. The Morgan fingerprint density at radius 1 is 1.21 bits per heavy atom. The fraction of sp³-hybridized carbons (Fsp3) is 0.409. The van der Waals surface area contributed by atoms with Gasteiger partial charge in [-0.05, 0) is 42.3 Å². The highest BCUT2D eigenvalue weighted by Gasteiger charge is 2.21. The van der Waals surface area contributed by atoms with E-state index in [-0.39, 0.29) is 11.3 Å². The van der Waals surface area contributed by atoms with Crippen LogP contribution in [0.15, 0.2) is 36.5 Å². The largest absolute Gasteiger partial charge is 0.320 e. The van der Waals surface area contributed by atoms with Gasteiger partial charge in [-0.1, -0.05) is 39.8 Å². The maximum absolute atomic E-state index is 12.9. The van der Waals surface area contributed by atoms with Crippen LogP contribution >= 0.6 is 0 Å². The van der Waals surface area contributed by atoms with Gasteiger partial charge in [-0.2, -0.15) is 5.10 Å². The van der Waals surface area contributed by atoms with Crippen molar-refractivity contribution in [1.82, 2.24) is 19.5 Å². The van der Waals surface area contributed by atoms with Crippen molar-refractivity contribution in [2.45, 2.75) is 46.1 Å². The number of fused-ring (bicyclic) bond motifs is 2. The highest BCUT2D eigenvalue weighted by molar-refractivity contribution is 6.03. The second kappa shape index (κ2) is 7.02. The lowest BCUT2D eigenvalue weighted by molar-refractivity contribution is 0.102. The van der Waals surface area contributed by atoms with Crippen molar-refractivity contribution in [2.24, 2.45) is 0 Å². The van der Waals surface area contributed by atoms with Gasteiger partial charge in [0.15, 0.2) is 5.65 Å². The average Bonchev–Trinajstić information content (AvgIpc) is 3.11. The topological polar surface area (TPSA) is 62.5 Å². The Morgan fingerprint density at radius 3 is 2.79 bits per heavy atom. The molecular weight excluding hydrogens is 350 g/mol. The lowest BCUT2D eigenvalue weighted by atomic mass is 9.93. The van der Waals surface area contributed by atoms with Crippen molar-refractivity contribution < 1.29 is 4.79 Å². The van der Waals surface area contributed by atoms with Gasteiger partial charge < -0.3 is 5.32 Å². The van der Waals surface area contributed by atoms with E-state index in [1.54, 1.807) is 10.6 Å². The number of nitrogens with one attached hydrogen (secondary N) is 1. The van der Waals surface area contributed by atoms with E-state index < -0.39 is 0 Å². The number of aromatic nitrogens is 3. The van der Waals surface area contributed by atoms with Crippen molar-refractivity contribution in [1.29, 1.82) is 0 Å². The van der Waals surface area contributed by atoms with Crippen molar-refractivity contribution in [2.75, 3.05) is 18.4 Å². The van der Waals surface area contributed by atoms with Gasteiger partial charge in [-0.3, -0.25) is 9.69 Å². The average molecular weight is 377 g/mol. The number of nitrogens with zero attached hydrogens (tertiary/aromatic N) is 4. The van der Waals surface area contributed by atoms with Crippen LogP contribution in [0.3, 0.4) is 0 Å². The number of carbonyl (C=O) groups is 1. The van der Waals surface area contributed by atoms with Crippen molar-refractivity contribution in [3.63, 3.8) is 0 Å². The van der Waals surface area contributed by atoms with E-state index in [1.165, 1.54) is 11.1 Å². The molecule has 0 fully saturated rings. The molecule has 6 nitrogen and oxygen atoms in total. The molecule has 28 heavy (non-hydrogen) atoms. The van der Waals surface area contributed by atoms with Gasteiger partial charge in [0.05, 0.1) is 11.9 Å². The van der Waals surface area contributed by atoms with E-state index in [0.717, 1.165) is 43.1 Å². The number of benzene rings is 1. The summed E-state index contributed by atoms with van der Waals surface area (Å²) in [6.45, 7) is 11.5. The normalized spacial score (nSPS) is 14.9. The monoisotopic (exact) mass is 377 g/mol. The minimum absolute atomic E-state index is 0.0639. The molecule has 0 bridgehead atoms. The van der Waals surface area contributed by atoms with Crippen LogP contribution in [0.2, 0.25) is 0 Å². The Bertz CT molecular complexity index is 1030. The SMILES string of the molecule is CCN1CCc2c(cccc2NC(=O)c2ccc3nc(C(C)(C)C)cn3n2)C1. The van der Waals surface area contributed by atoms with Crippen LogP contribution in [-0.4, -0.2) is 38.5 Å². The zero-order valence-electron chi connectivity index (χ0n) is 17.0. The number of rotatable bonds is 3. The summed E-state index contributed by atoms with van der Waals surface area (Å²) in [6.07, 6.45) is 2.85. The summed E-state index contributed by atoms with van der Waals surface area (Å²) < 4.78 is 1.69. The summed E-state index contributed by atoms with van der Waals surface area (Å²) >= 11 is 0. The minimum atomic E-state index is -0.195. The molecule has 0 saturated heterocycles. The molecule has 3 heterocycles. The second-order valence-electron chi connectivity index (χ2n) is 8.41. The lowest BCUT2D eigenvalue weighted by Crippen LogP contribution is -2.31. The first kappa shape index (κ1) is 18.6. The van der Waals surface area contributed by atoms with Gasteiger partial charge >= 0.3 is 0 Å². The minimum Gasteiger partial charge on any atom is -0.320 e. The molecule has 3 aromatic rings. The fourth-order valence-corrected chi connectivity index (χ4v) is 3.61. The van der Waals surface area contributed by atoms with E-state index in [0.29, 0.717) is 5.69 Å². The molecule has 1 amide bonds. The second-order valence-corrected chi connectivity index (χ2v) is 8.41. The number of carbonyl (C=O) groups excluding carboxylic acids is 1. The summed E-state index contributed by atoms with van der Waals surface area (Å²) in [7, 11) is 0. The standard InChI is InChI=1S/C22H27N5O/c1-5-26-12-11-16-15(13-26)7-6-8-17(16)23-21(28)18-9-10-20-24-19(22(2,3)4)14-27(20)25-18/h6-10,14H,5,11-13H2,1-4H3,(H,23,28). The predicted octanol–water partition coefficient (Wildman–Crippen LogP) is 3.66. The number of imidazole rings is 1. The van der Waals surface area contributed by atoms with Crippen LogP contribution in [0.4, 0.5) is 5.69 Å². The van der Waals surface area contributed by atoms with Gasteiger partial charge in [0.25, 0.3) is 5.91 Å². The number of hydrogen-bond donors (Lipinski definition) is 1. The van der Waals surface area contributed by atoms with Crippen LogP contribution in [0.1, 0.15) is 55.0 Å². The maximum atomic E-state index is 12.9. The van der Waals surface area contributed by atoms with Crippen LogP contribution < -0.4 is 5.32 Å². The molecule has 1 aliphatic heterocycles. The number of anilines is 1. The van der Waals surface area contributed by atoms with Crippen LogP contribution in [0, 0.1) is 0 Å². The summed E-state index contributed by atoms with van der Waals surface area (Å²) in [4.78, 5) is 19.9. The van der Waals surface area contributed by atoms with E-state index in [9.17, 15) is 4.79 Å². The highest BCUT2D eigenvalue weighted by Crippen LogP contribution is 2.26. The molecule has 0 unspecified atom stereocenters. The lowest BCUT2D eigenvalue weighted by Gasteiger charge is -2.29. The Balaban J connectivity index is 1.59. The summed E-state index contributed by atoms with van der Waals surface area (Å²) in [5.74, 6) is -0.195. The first-order valence-corrected chi connectivity index (χ1v) is 9.86. The fourth-order valence-electron chi connectivity index (χ4n) is 3.61. The number of amides is 1. The van der Waals surface area contributed by atoms with Crippen LogP contribution in [0.5, 0.6) is 0 Å². The Hall–Kier alpha value is -2.73. The predicted molar refractivity (Wildman–Crippen MR) is 111 cm³/mol. The van der Waals surface area contributed by atoms with Crippen molar-refractivity contribution in [3.8, 4) is 0 Å². The molecule has 0 aliphatic carbocycles. The highest BCUT2D eigenvalue weighted by atomic mass is 16.1. The zero-order chi connectivity index (χ0) is 19.9. The quantitative estimate of drug-likeness (QED) is 0.757. The molecule has 0 saturated carbocycles. The molecule has 6 heteroatoms. The third-order valence-electron chi connectivity index (χ3n) is 5.36. The van der Waals surface area contributed by atoms with Crippen molar-refractivity contribution >= 4 is 17.2 Å². The molecular formula is C22H27N5O. The molecule has 1 N–H and O–H groups in total. The van der Waals surface area contributed by atoms with Crippen LogP contribution in [0.25, 0.3) is 5.65 Å². The van der Waals surface area contributed by atoms with Gasteiger partial charge in [-0.25, -0.2) is 9.50 Å². The Labute approximate surface area is 165 Å². The van der Waals surface area contributed by atoms with E-state index in [2.05, 4.69) is 54.1 Å². The Morgan fingerprint density at radius 2 is 2.04 bits per heavy atom. The zero-order valence-corrected chi connectivity index (χ0v) is 17.0. The van der Waals surface area contributed by atoms with Gasteiger partial charge in [-0.15, -0.1) is 0 Å². The van der Waals surface area contributed by atoms with Crippen molar-refractivity contribution in [3.05, 3.63) is 59.0 Å². The summed E-state index contributed by atoms with van der Waals surface area (Å²) in [6, 6.07) is 9.72. The number of hydrogen-bond acceptors (Lipinski definition) is 4. The van der Waals surface area contributed by atoms with Gasteiger partial charge in [0.1, 0.15) is 5.69 Å². The first-order chi connectivity index (χ1) is 13.3. The van der Waals surface area contributed by atoms with Gasteiger partial charge in [0.2, 0.25) is 0 Å². The van der Waals surface area contributed by atoms with E-state index >= 15 is 0 Å². The summed E-state index contributed by atoms with van der Waals surface area (Å²) in [5.41, 5.74) is 5.44. The molecule has 1 aliphatic rings. The van der Waals surface area contributed by atoms with E-state index in [1.807, 2.05) is 24.4 Å². The first-order valence-electron chi connectivity index (χ1n) is 9.86. The number of likely N-dealkylation sites (N-methyl/N-ethyl adjacent to an activating group) is 1. The molecule has 4 rings (SSSR count).